The second kappa shape index (κ2) is 8.61. The third-order valence-electron chi connectivity index (χ3n) is 5.02. The zero-order valence-corrected chi connectivity index (χ0v) is 18.2. The number of sulfonamides is 1. The number of rotatable bonds is 6. The Hall–Kier alpha value is -4.42. The molecule has 0 fully saturated rings. The van der Waals surface area contributed by atoms with Gasteiger partial charge in [-0.3, -0.25) is 10.1 Å². The molecule has 0 saturated heterocycles. The molecule has 0 amide bonds. The summed E-state index contributed by atoms with van der Waals surface area (Å²) in [7, 11) is -4.30. The minimum absolute atomic E-state index is 0.00621. The molecular weight excluding hydrogens is 442 g/mol. The largest absolute Gasteiger partial charge is 0.438 e. The van der Waals surface area contributed by atoms with Crippen molar-refractivity contribution in [3.63, 3.8) is 0 Å². The van der Waals surface area contributed by atoms with Gasteiger partial charge < -0.3 is 4.42 Å². The number of nitrogens with zero attached hydrogens (tertiary/aromatic N) is 2. The summed E-state index contributed by atoms with van der Waals surface area (Å²) in [5.41, 5.74) is 1.73. The molecule has 0 spiro atoms. The van der Waals surface area contributed by atoms with Crippen molar-refractivity contribution < 1.29 is 17.8 Å². The average molecular weight is 459 g/mol. The van der Waals surface area contributed by atoms with Gasteiger partial charge in [0.2, 0.25) is 5.88 Å². The van der Waals surface area contributed by atoms with E-state index in [9.17, 15) is 23.8 Å². The molecular formula is C24H17N3O5S. The van der Waals surface area contributed by atoms with Crippen LogP contribution in [0.15, 0.2) is 88.2 Å². The molecule has 33 heavy (non-hydrogen) atoms. The Bertz CT molecular complexity index is 1490. The molecule has 0 radical (unpaired) electrons. The van der Waals surface area contributed by atoms with E-state index in [0.29, 0.717) is 28.0 Å². The molecule has 9 heteroatoms. The molecule has 1 N–H and O–H groups in total. The first-order valence-corrected chi connectivity index (χ1v) is 11.3. The van der Waals surface area contributed by atoms with Gasteiger partial charge in [-0.1, -0.05) is 66.7 Å². The van der Waals surface area contributed by atoms with Gasteiger partial charge in [0, 0.05) is 23.3 Å². The van der Waals surface area contributed by atoms with E-state index >= 15 is 0 Å². The highest BCUT2D eigenvalue weighted by Gasteiger charge is 2.28. The second-order valence-electron chi connectivity index (χ2n) is 7.17. The lowest BCUT2D eigenvalue weighted by atomic mass is 9.98. The summed E-state index contributed by atoms with van der Waals surface area (Å²) < 4.78 is 34.5. The van der Waals surface area contributed by atoms with Gasteiger partial charge in [0.25, 0.3) is 15.7 Å². The third-order valence-corrected chi connectivity index (χ3v) is 6.49. The number of hydrogen-bond acceptors (Lipinski definition) is 6. The lowest BCUT2D eigenvalue weighted by Crippen LogP contribution is -2.15. The zero-order valence-electron chi connectivity index (χ0n) is 17.3. The maximum Gasteiger partial charge on any atom is 0.270 e. The fourth-order valence-corrected chi connectivity index (χ4v) is 4.72. The van der Waals surface area contributed by atoms with Crippen LogP contribution in [0.5, 0.6) is 0 Å². The predicted molar refractivity (Wildman–Crippen MR) is 123 cm³/mol. The van der Waals surface area contributed by atoms with Gasteiger partial charge in [0.1, 0.15) is 17.4 Å². The van der Waals surface area contributed by atoms with Gasteiger partial charge in [0.15, 0.2) is 0 Å². The van der Waals surface area contributed by atoms with E-state index in [1.165, 1.54) is 19.1 Å². The van der Waals surface area contributed by atoms with Gasteiger partial charge in [-0.15, -0.1) is 0 Å². The van der Waals surface area contributed by atoms with Crippen LogP contribution in [-0.4, -0.2) is 13.3 Å². The number of aryl methyl sites for hydroxylation is 1. The normalized spacial score (nSPS) is 11.0. The Morgan fingerprint density at radius 3 is 2.15 bits per heavy atom. The van der Waals surface area contributed by atoms with Gasteiger partial charge in [-0.05, 0) is 18.1 Å². The summed E-state index contributed by atoms with van der Waals surface area (Å²) in [6.45, 7) is 1.52. The molecule has 0 saturated carbocycles. The van der Waals surface area contributed by atoms with Crippen LogP contribution in [0.3, 0.4) is 0 Å². The first-order valence-electron chi connectivity index (χ1n) is 9.77. The molecule has 3 aromatic carbocycles. The molecule has 0 bridgehead atoms. The minimum Gasteiger partial charge on any atom is -0.438 e. The highest BCUT2D eigenvalue weighted by molar-refractivity contribution is 7.92. The van der Waals surface area contributed by atoms with Crippen LogP contribution in [0.2, 0.25) is 0 Å². The lowest BCUT2D eigenvalue weighted by molar-refractivity contribution is -0.385. The van der Waals surface area contributed by atoms with Crippen molar-refractivity contribution in [1.82, 2.24) is 0 Å². The fourth-order valence-electron chi connectivity index (χ4n) is 3.45. The molecule has 0 unspecified atom stereocenters. The Balaban J connectivity index is 1.89. The number of hydrogen-bond donors (Lipinski definition) is 1. The van der Waals surface area contributed by atoms with Crippen molar-refractivity contribution in [1.29, 1.82) is 5.26 Å². The summed E-state index contributed by atoms with van der Waals surface area (Å²) in [4.78, 5) is 10.2. The van der Waals surface area contributed by atoms with E-state index in [0.717, 1.165) is 6.07 Å². The topological polar surface area (TPSA) is 126 Å². The summed E-state index contributed by atoms with van der Waals surface area (Å²) in [5.74, 6) is 0.0629. The first kappa shape index (κ1) is 21.8. The van der Waals surface area contributed by atoms with Crippen LogP contribution in [0, 0.1) is 28.4 Å². The molecule has 164 valence electrons. The summed E-state index contributed by atoms with van der Waals surface area (Å²) in [5, 5.41) is 21.1. The van der Waals surface area contributed by atoms with E-state index in [1.54, 1.807) is 48.5 Å². The Kier molecular flexibility index (Phi) is 5.69. The molecule has 0 aliphatic rings. The van der Waals surface area contributed by atoms with Crippen LogP contribution < -0.4 is 4.72 Å². The van der Waals surface area contributed by atoms with Crippen LogP contribution in [-0.2, 0) is 10.0 Å². The second-order valence-corrected chi connectivity index (χ2v) is 8.82. The highest BCUT2D eigenvalue weighted by Crippen LogP contribution is 2.42. The molecule has 4 aromatic rings. The predicted octanol–water partition coefficient (Wildman–Crippen LogP) is 5.50. The summed E-state index contributed by atoms with van der Waals surface area (Å²) >= 11 is 0. The van der Waals surface area contributed by atoms with E-state index < -0.39 is 14.9 Å². The van der Waals surface area contributed by atoms with Crippen molar-refractivity contribution in [3.05, 3.63) is 100 Å². The number of nitriles is 1. The summed E-state index contributed by atoms with van der Waals surface area (Å²) in [6, 6.07) is 23.6. The SMILES string of the molecule is Cc1ccc([N+](=O)[O-])cc1S(=O)(=O)Nc1oc(-c2ccccc2)c(-c2ccccc2)c1C#N. The molecule has 1 heterocycles. The number of non-ortho nitro benzene ring substituents is 1. The monoisotopic (exact) mass is 459 g/mol. The van der Waals surface area contributed by atoms with Crippen LogP contribution >= 0.6 is 0 Å². The standard InChI is InChI=1S/C24H17N3O5S/c1-16-12-13-19(27(28)29)14-21(16)33(30,31)26-24-20(15-25)22(17-8-4-2-5-9-17)23(32-24)18-10-6-3-7-11-18/h2-14,26H,1H3. The Morgan fingerprint density at radius 2 is 1.58 bits per heavy atom. The highest BCUT2D eigenvalue weighted by atomic mass is 32.2. The Morgan fingerprint density at radius 1 is 0.970 bits per heavy atom. The van der Waals surface area contributed by atoms with Crippen LogP contribution in [0.1, 0.15) is 11.1 Å². The molecule has 8 nitrogen and oxygen atoms in total. The number of furan rings is 1. The zero-order chi connectivity index (χ0) is 23.6. The average Bonchev–Trinajstić information content (AvgIpc) is 3.17. The molecule has 1 aromatic heterocycles. The van der Waals surface area contributed by atoms with Gasteiger partial charge in [-0.25, -0.2) is 13.1 Å². The van der Waals surface area contributed by atoms with Gasteiger partial charge >= 0.3 is 0 Å². The summed E-state index contributed by atoms with van der Waals surface area (Å²) in [6.07, 6.45) is 0. The lowest BCUT2D eigenvalue weighted by Gasteiger charge is -2.08. The fraction of sp³-hybridized carbons (Fsp3) is 0.0417. The van der Waals surface area contributed by atoms with Gasteiger partial charge in [0.05, 0.1) is 9.82 Å². The smallest absolute Gasteiger partial charge is 0.270 e. The number of nitro benzene ring substituents is 1. The molecule has 0 aliphatic carbocycles. The minimum atomic E-state index is -4.30. The molecule has 0 aliphatic heterocycles. The van der Waals surface area contributed by atoms with Gasteiger partial charge in [-0.2, -0.15) is 5.26 Å². The van der Waals surface area contributed by atoms with E-state index in [2.05, 4.69) is 4.72 Å². The van der Waals surface area contributed by atoms with Crippen molar-refractivity contribution in [2.45, 2.75) is 11.8 Å². The van der Waals surface area contributed by atoms with Crippen molar-refractivity contribution >= 4 is 21.6 Å². The van der Waals surface area contributed by atoms with Crippen molar-refractivity contribution in [2.75, 3.05) is 4.72 Å². The van der Waals surface area contributed by atoms with E-state index in [-0.39, 0.29) is 22.0 Å². The van der Waals surface area contributed by atoms with Crippen molar-refractivity contribution in [2.24, 2.45) is 0 Å². The third kappa shape index (κ3) is 4.20. The number of anilines is 1. The maximum absolute atomic E-state index is 13.2. The maximum atomic E-state index is 13.2. The Labute approximate surface area is 189 Å². The first-order chi connectivity index (χ1) is 15.8. The van der Waals surface area contributed by atoms with E-state index in [1.807, 2.05) is 18.2 Å². The number of nitro groups is 1. The van der Waals surface area contributed by atoms with Crippen molar-refractivity contribution in [3.8, 4) is 28.5 Å². The quantitative estimate of drug-likeness (QED) is 0.299. The molecule has 4 rings (SSSR count). The molecule has 0 atom stereocenters. The van der Waals surface area contributed by atoms with Crippen LogP contribution in [0.4, 0.5) is 11.6 Å². The number of benzene rings is 3. The van der Waals surface area contributed by atoms with E-state index in [4.69, 9.17) is 4.42 Å². The number of nitrogens with one attached hydrogen (secondary N) is 1. The van der Waals surface area contributed by atoms with Crippen LogP contribution in [0.25, 0.3) is 22.5 Å².